The number of aryl methyl sites for hydroxylation is 2. The first-order valence-corrected chi connectivity index (χ1v) is 13.8. The molecule has 5 rings (SSSR count). The largest absolute Gasteiger partial charge is 0.504 e. The van der Waals surface area contributed by atoms with Crippen molar-refractivity contribution in [2.24, 2.45) is 7.05 Å². The standard InChI is InChI=1S/C29H27N5O4S/c1-4-34(21-9-6-5-7-10-21)26-25(24-16-18-33(3)32-24)31-29(36)28(27(26)35)39(37,38)22-14-12-20(13-15-22)23-11-8-17-30-19(23)2/h5-18H,4H2,1-3H3,(H2,31,35,36). The lowest BCUT2D eigenvalue weighted by molar-refractivity contribution is 0.456. The zero-order valence-corrected chi connectivity index (χ0v) is 22.5. The number of para-hydroxylation sites is 1. The SMILES string of the molecule is CCN(c1ccccc1)c1c(-c2ccn(C)n2)[nH]c(=O)c(S(=O)(=O)c2ccc(-c3cccnc3C)cc2)c1O. The van der Waals surface area contributed by atoms with E-state index in [-0.39, 0.29) is 16.3 Å². The van der Waals surface area contributed by atoms with Gasteiger partial charge >= 0.3 is 0 Å². The minimum Gasteiger partial charge on any atom is -0.504 e. The van der Waals surface area contributed by atoms with Crippen LogP contribution in [0, 0.1) is 6.92 Å². The van der Waals surface area contributed by atoms with Gasteiger partial charge in [0, 0.05) is 42.9 Å². The number of hydrogen-bond acceptors (Lipinski definition) is 7. The van der Waals surface area contributed by atoms with E-state index in [0.29, 0.717) is 17.9 Å². The van der Waals surface area contributed by atoms with Gasteiger partial charge in [0.1, 0.15) is 11.4 Å². The molecule has 3 aromatic heterocycles. The fourth-order valence-electron chi connectivity index (χ4n) is 4.61. The molecule has 2 aromatic carbocycles. The van der Waals surface area contributed by atoms with Crippen molar-refractivity contribution in [2.75, 3.05) is 11.4 Å². The Morgan fingerprint density at radius 2 is 1.72 bits per heavy atom. The molecule has 9 nitrogen and oxygen atoms in total. The van der Waals surface area contributed by atoms with Gasteiger partial charge in [0.15, 0.2) is 10.6 Å². The highest BCUT2D eigenvalue weighted by Crippen LogP contribution is 2.43. The number of nitrogens with one attached hydrogen (secondary N) is 1. The van der Waals surface area contributed by atoms with Gasteiger partial charge in [-0.05, 0) is 55.8 Å². The van der Waals surface area contributed by atoms with Gasteiger partial charge in [-0.2, -0.15) is 5.10 Å². The summed E-state index contributed by atoms with van der Waals surface area (Å²) in [6.45, 7) is 4.11. The maximum atomic E-state index is 13.8. The van der Waals surface area contributed by atoms with Crippen LogP contribution in [-0.2, 0) is 16.9 Å². The third kappa shape index (κ3) is 4.70. The number of benzene rings is 2. The molecule has 2 N–H and O–H groups in total. The van der Waals surface area contributed by atoms with Crippen LogP contribution in [0.1, 0.15) is 12.6 Å². The zero-order valence-electron chi connectivity index (χ0n) is 21.7. The van der Waals surface area contributed by atoms with Crippen molar-refractivity contribution in [3.63, 3.8) is 0 Å². The molecule has 0 aliphatic rings. The second-order valence-electron chi connectivity index (χ2n) is 8.97. The van der Waals surface area contributed by atoms with Crippen molar-refractivity contribution in [1.82, 2.24) is 19.7 Å². The Balaban J connectivity index is 1.70. The summed E-state index contributed by atoms with van der Waals surface area (Å²) in [5.74, 6) is -0.641. The molecule has 5 aromatic rings. The van der Waals surface area contributed by atoms with Crippen molar-refractivity contribution in [3.8, 4) is 28.3 Å². The van der Waals surface area contributed by atoms with Gasteiger partial charge in [-0.3, -0.25) is 14.5 Å². The first-order valence-electron chi connectivity index (χ1n) is 12.3. The molecular weight excluding hydrogens is 514 g/mol. The molecule has 0 fully saturated rings. The van der Waals surface area contributed by atoms with Gasteiger partial charge in [-0.15, -0.1) is 0 Å². The molecule has 0 aliphatic heterocycles. The summed E-state index contributed by atoms with van der Waals surface area (Å²) in [6, 6.07) is 20.8. The van der Waals surface area contributed by atoms with E-state index < -0.39 is 26.0 Å². The lowest BCUT2D eigenvalue weighted by Gasteiger charge is -2.27. The van der Waals surface area contributed by atoms with Crippen LogP contribution in [0.25, 0.3) is 22.5 Å². The number of aromatic nitrogens is 4. The second-order valence-corrected chi connectivity index (χ2v) is 10.9. The second kappa shape index (κ2) is 10.2. The van der Waals surface area contributed by atoms with E-state index in [4.69, 9.17) is 0 Å². The van der Waals surface area contributed by atoms with Crippen molar-refractivity contribution in [2.45, 2.75) is 23.6 Å². The van der Waals surface area contributed by atoms with Crippen LogP contribution in [-0.4, -0.2) is 39.8 Å². The Bertz CT molecular complexity index is 1810. The molecule has 0 unspecified atom stereocenters. The van der Waals surface area contributed by atoms with Gasteiger partial charge < -0.3 is 15.0 Å². The van der Waals surface area contributed by atoms with Crippen LogP contribution in [0.3, 0.4) is 0 Å². The molecule has 10 heteroatoms. The van der Waals surface area contributed by atoms with Crippen LogP contribution >= 0.6 is 0 Å². The lowest BCUT2D eigenvalue weighted by atomic mass is 10.1. The van der Waals surface area contributed by atoms with E-state index in [2.05, 4.69) is 15.1 Å². The number of nitrogens with zero attached hydrogens (tertiary/aromatic N) is 4. The average molecular weight is 542 g/mol. The van der Waals surface area contributed by atoms with Crippen LogP contribution in [0.4, 0.5) is 11.4 Å². The maximum absolute atomic E-state index is 13.8. The minimum atomic E-state index is -4.41. The number of pyridine rings is 2. The van der Waals surface area contributed by atoms with Gasteiger partial charge in [-0.25, -0.2) is 8.42 Å². The highest BCUT2D eigenvalue weighted by Gasteiger charge is 2.32. The molecule has 0 amide bonds. The van der Waals surface area contributed by atoms with Gasteiger partial charge in [0.25, 0.3) is 5.56 Å². The predicted octanol–water partition coefficient (Wildman–Crippen LogP) is 4.84. The molecule has 0 bridgehead atoms. The van der Waals surface area contributed by atoms with Gasteiger partial charge in [0.2, 0.25) is 9.84 Å². The summed E-state index contributed by atoms with van der Waals surface area (Å²) in [4.78, 5) is 21.2. The van der Waals surface area contributed by atoms with Gasteiger partial charge in [0.05, 0.1) is 10.6 Å². The molecule has 198 valence electrons. The molecule has 39 heavy (non-hydrogen) atoms. The van der Waals surface area contributed by atoms with Crippen LogP contribution in [0.2, 0.25) is 0 Å². The number of rotatable bonds is 7. The number of anilines is 2. The van der Waals surface area contributed by atoms with Crippen LogP contribution in [0.15, 0.2) is 99.8 Å². The molecular formula is C29H27N5O4S. The minimum absolute atomic E-state index is 0.118. The van der Waals surface area contributed by atoms with E-state index >= 15 is 0 Å². The topological polar surface area (TPSA) is 121 Å². The van der Waals surface area contributed by atoms with Crippen LogP contribution in [0.5, 0.6) is 5.75 Å². The van der Waals surface area contributed by atoms with E-state index in [1.165, 1.54) is 12.1 Å². The number of aromatic amines is 1. The van der Waals surface area contributed by atoms with Crippen molar-refractivity contribution in [3.05, 3.63) is 101 Å². The fraction of sp³-hybridized carbons (Fsp3) is 0.138. The zero-order chi connectivity index (χ0) is 27.7. The Morgan fingerprint density at radius 3 is 2.33 bits per heavy atom. The molecule has 0 saturated heterocycles. The number of hydrogen-bond donors (Lipinski definition) is 2. The maximum Gasteiger partial charge on any atom is 0.271 e. The summed E-state index contributed by atoms with van der Waals surface area (Å²) in [5, 5.41) is 15.9. The Labute approximate surface area is 226 Å². The lowest BCUT2D eigenvalue weighted by Crippen LogP contribution is -2.24. The number of H-pyrrole nitrogens is 1. The Hall–Kier alpha value is -4.70. The Kier molecular flexibility index (Phi) is 6.80. The molecule has 0 radical (unpaired) electrons. The molecule has 0 saturated carbocycles. The highest BCUT2D eigenvalue weighted by molar-refractivity contribution is 7.91. The third-order valence-corrected chi connectivity index (χ3v) is 8.30. The van der Waals surface area contributed by atoms with E-state index in [1.807, 2.05) is 56.3 Å². The van der Waals surface area contributed by atoms with E-state index in [0.717, 1.165) is 16.8 Å². The monoisotopic (exact) mass is 541 g/mol. The molecule has 0 aliphatic carbocycles. The first-order chi connectivity index (χ1) is 18.7. The molecule has 0 atom stereocenters. The third-order valence-electron chi connectivity index (χ3n) is 6.50. The van der Waals surface area contributed by atoms with Crippen molar-refractivity contribution >= 4 is 21.2 Å². The summed E-state index contributed by atoms with van der Waals surface area (Å²) in [5.41, 5.74) is 2.96. The van der Waals surface area contributed by atoms with E-state index in [1.54, 1.807) is 47.2 Å². The van der Waals surface area contributed by atoms with Crippen molar-refractivity contribution in [1.29, 1.82) is 0 Å². The predicted molar refractivity (Wildman–Crippen MR) is 150 cm³/mol. The molecule has 0 spiro atoms. The number of sulfone groups is 1. The summed E-state index contributed by atoms with van der Waals surface area (Å²) < 4.78 is 29.2. The summed E-state index contributed by atoms with van der Waals surface area (Å²) >= 11 is 0. The normalized spacial score (nSPS) is 11.5. The molecule has 3 heterocycles. The smallest absolute Gasteiger partial charge is 0.271 e. The average Bonchev–Trinajstić information content (AvgIpc) is 3.37. The Morgan fingerprint density at radius 1 is 1.00 bits per heavy atom. The van der Waals surface area contributed by atoms with Crippen LogP contribution < -0.4 is 10.5 Å². The van der Waals surface area contributed by atoms with Gasteiger partial charge in [-0.1, -0.05) is 36.4 Å². The summed E-state index contributed by atoms with van der Waals surface area (Å²) in [6.07, 6.45) is 3.39. The number of aromatic hydroxyl groups is 1. The highest BCUT2D eigenvalue weighted by atomic mass is 32.2. The quantitative estimate of drug-likeness (QED) is 0.302. The van der Waals surface area contributed by atoms with Crippen molar-refractivity contribution < 1.29 is 13.5 Å². The first kappa shape index (κ1) is 25.9. The van der Waals surface area contributed by atoms with E-state index in [9.17, 15) is 18.3 Å². The fourth-order valence-corrected chi connectivity index (χ4v) is 5.98. The summed E-state index contributed by atoms with van der Waals surface area (Å²) in [7, 11) is -2.68.